The summed E-state index contributed by atoms with van der Waals surface area (Å²) in [5.74, 6) is -1.13. The smallest absolute Gasteiger partial charge is 0.392 e. The standard InChI is InChI=1S/C11H14F3N5O2/c12-11(13,14)10-17-16-8-5-18(1-2-19(8)10)9(21)7-3-6(20)4-15-7/h6-7,15,20H,1-5H2. The molecule has 0 aliphatic carbocycles. The normalized spacial score (nSPS) is 26.0. The van der Waals surface area contributed by atoms with Crippen molar-refractivity contribution in [2.24, 2.45) is 0 Å². The number of nitrogens with zero attached hydrogens (tertiary/aromatic N) is 4. The first-order valence-electron chi connectivity index (χ1n) is 6.56. The zero-order valence-corrected chi connectivity index (χ0v) is 11.0. The van der Waals surface area contributed by atoms with E-state index in [1.165, 1.54) is 4.90 Å². The SMILES string of the molecule is O=C(C1CC(O)CN1)N1CCn2c(nnc2C(F)(F)F)C1. The number of fused-ring (bicyclic) bond motifs is 1. The van der Waals surface area contributed by atoms with Crippen molar-refractivity contribution in [2.45, 2.75) is 37.8 Å². The van der Waals surface area contributed by atoms with E-state index in [1.54, 1.807) is 0 Å². The number of rotatable bonds is 1. The van der Waals surface area contributed by atoms with E-state index < -0.39 is 24.1 Å². The van der Waals surface area contributed by atoms with Crippen LogP contribution in [0.3, 0.4) is 0 Å². The van der Waals surface area contributed by atoms with E-state index in [-0.39, 0.29) is 31.4 Å². The Kier molecular flexibility index (Phi) is 3.36. The minimum absolute atomic E-state index is 0.00378. The Morgan fingerprint density at radius 1 is 1.33 bits per heavy atom. The van der Waals surface area contributed by atoms with Crippen LogP contribution >= 0.6 is 0 Å². The highest BCUT2D eigenvalue weighted by Crippen LogP contribution is 2.29. The van der Waals surface area contributed by atoms with E-state index in [9.17, 15) is 23.1 Å². The van der Waals surface area contributed by atoms with Crippen LogP contribution in [0.5, 0.6) is 0 Å². The molecule has 2 N–H and O–H groups in total. The number of aliphatic hydroxyl groups is 1. The Balaban J connectivity index is 1.73. The number of carbonyl (C=O) groups is 1. The maximum Gasteiger partial charge on any atom is 0.451 e. The number of halogens is 3. The molecule has 1 aromatic heterocycles. The molecule has 1 amide bonds. The highest BCUT2D eigenvalue weighted by molar-refractivity contribution is 5.82. The van der Waals surface area contributed by atoms with Crippen LogP contribution in [0.2, 0.25) is 0 Å². The van der Waals surface area contributed by atoms with Gasteiger partial charge in [-0.25, -0.2) is 0 Å². The molecule has 1 aromatic rings. The van der Waals surface area contributed by atoms with E-state index >= 15 is 0 Å². The van der Waals surface area contributed by atoms with Crippen LogP contribution < -0.4 is 5.32 Å². The molecule has 1 fully saturated rings. The van der Waals surface area contributed by atoms with Gasteiger partial charge in [-0.15, -0.1) is 10.2 Å². The van der Waals surface area contributed by atoms with Gasteiger partial charge in [0.15, 0.2) is 5.82 Å². The number of hydrogen-bond donors (Lipinski definition) is 2. The van der Waals surface area contributed by atoms with Crippen LogP contribution in [-0.4, -0.2) is 55.9 Å². The number of nitrogens with one attached hydrogen (secondary N) is 1. The van der Waals surface area contributed by atoms with E-state index in [0.717, 1.165) is 4.57 Å². The summed E-state index contributed by atoms with van der Waals surface area (Å²) in [5.41, 5.74) is 0. The van der Waals surface area contributed by atoms with Gasteiger partial charge in [0.25, 0.3) is 0 Å². The highest BCUT2D eigenvalue weighted by Gasteiger charge is 2.40. The quantitative estimate of drug-likeness (QED) is 0.721. The number of aliphatic hydroxyl groups excluding tert-OH is 1. The molecule has 3 rings (SSSR count). The number of carbonyl (C=O) groups excluding carboxylic acids is 1. The van der Waals surface area contributed by atoms with Crippen molar-refractivity contribution in [1.82, 2.24) is 25.0 Å². The molecule has 2 atom stereocenters. The molecule has 0 spiro atoms. The lowest BCUT2D eigenvalue weighted by Crippen LogP contribution is -2.47. The maximum atomic E-state index is 12.7. The monoisotopic (exact) mass is 305 g/mol. The fraction of sp³-hybridized carbons (Fsp3) is 0.727. The van der Waals surface area contributed by atoms with Crippen molar-refractivity contribution in [3.05, 3.63) is 11.6 Å². The minimum atomic E-state index is -4.55. The van der Waals surface area contributed by atoms with Crippen LogP contribution in [0, 0.1) is 0 Å². The molecule has 0 saturated carbocycles. The number of alkyl halides is 3. The predicted octanol–water partition coefficient (Wildman–Crippen LogP) is -0.638. The molecular formula is C11H14F3N5O2. The second-order valence-corrected chi connectivity index (χ2v) is 5.20. The third-order valence-corrected chi connectivity index (χ3v) is 3.72. The third kappa shape index (κ3) is 2.60. The van der Waals surface area contributed by atoms with Gasteiger partial charge in [0.2, 0.25) is 11.7 Å². The Morgan fingerprint density at radius 3 is 2.71 bits per heavy atom. The van der Waals surface area contributed by atoms with E-state index in [0.29, 0.717) is 13.0 Å². The van der Waals surface area contributed by atoms with Gasteiger partial charge in [-0.1, -0.05) is 0 Å². The summed E-state index contributed by atoms with van der Waals surface area (Å²) < 4.78 is 39.1. The van der Waals surface area contributed by atoms with Gasteiger partial charge in [0.05, 0.1) is 18.7 Å². The highest BCUT2D eigenvalue weighted by atomic mass is 19.4. The summed E-state index contributed by atoms with van der Waals surface area (Å²) in [6.07, 6.45) is -4.80. The molecule has 2 aliphatic rings. The lowest BCUT2D eigenvalue weighted by Gasteiger charge is -2.30. The van der Waals surface area contributed by atoms with E-state index in [4.69, 9.17) is 0 Å². The second-order valence-electron chi connectivity index (χ2n) is 5.20. The fourth-order valence-corrected chi connectivity index (χ4v) is 2.68. The Morgan fingerprint density at radius 2 is 2.10 bits per heavy atom. The molecule has 116 valence electrons. The summed E-state index contributed by atoms with van der Waals surface area (Å²) in [6, 6.07) is -0.489. The van der Waals surface area contributed by atoms with Crippen LogP contribution in [0.1, 0.15) is 18.1 Å². The van der Waals surface area contributed by atoms with Gasteiger partial charge >= 0.3 is 6.18 Å². The number of hydrogen-bond acceptors (Lipinski definition) is 5. The lowest BCUT2D eigenvalue weighted by molar-refractivity contribution is -0.148. The van der Waals surface area contributed by atoms with Crippen molar-refractivity contribution >= 4 is 5.91 Å². The van der Waals surface area contributed by atoms with Crippen LogP contribution in [-0.2, 0) is 24.1 Å². The summed E-state index contributed by atoms with van der Waals surface area (Å²) in [6.45, 7) is 0.522. The van der Waals surface area contributed by atoms with Gasteiger partial charge in [-0.2, -0.15) is 13.2 Å². The topological polar surface area (TPSA) is 83.3 Å². The van der Waals surface area contributed by atoms with Gasteiger partial charge in [-0.3, -0.25) is 4.79 Å². The van der Waals surface area contributed by atoms with Crippen molar-refractivity contribution in [2.75, 3.05) is 13.1 Å². The van der Waals surface area contributed by atoms with Crippen LogP contribution in [0.25, 0.3) is 0 Å². The maximum absolute atomic E-state index is 12.7. The molecule has 2 unspecified atom stereocenters. The molecule has 1 saturated heterocycles. The number of amides is 1. The molecule has 10 heteroatoms. The first kappa shape index (κ1) is 14.3. The summed E-state index contributed by atoms with van der Waals surface area (Å²) in [4.78, 5) is 13.7. The number of aromatic nitrogens is 3. The number of β-amino-alcohol motifs (C(OH)–C–C–N with tert-alkyl or cyclic N) is 1. The van der Waals surface area contributed by atoms with Crippen molar-refractivity contribution in [3.63, 3.8) is 0 Å². The van der Waals surface area contributed by atoms with E-state index in [1.807, 2.05) is 0 Å². The van der Waals surface area contributed by atoms with Crippen molar-refractivity contribution < 1.29 is 23.1 Å². The molecule has 0 radical (unpaired) electrons. The van der Waals surface area contributed by atoms with Crippen LogP contribution in [0.4, 0.5) is 13.2 Å². The molecule has 0 aromatic carbocycles. The van der Waals surface area contributed by atoms with Gasteiger partial charge in [0.1, 0.15) is 0 Å². The second kappa shape index (κ2) is 4.95. The Hall–Kier alpha value is -1.68. The summed E-state index contributed by atoms with van der Waals surface area (Å²) in [5, 5.41) is 19.0. The zero-order valence-electron chi connectivity index (χ0n) is 11.0. The van der Waals surface area contributed by atoms with Crippen molar-refractivity contribution in [3.8, 4) is 0 Å². The fourth-order valence-electron chi connectivity index (χ4n) is 2.68. The van der Waals surface area contributed by atoms with E-state index in [2.05, 4.69) is 15.5 Å². The predicted molar refractivity (Wildman–Crippen MR) is 62.9 cm³/mol. The molecular weight excluding hydrogens is 291 g/mol. The first-order valence-corrected chi connectivity index (χ1v) is 6.56. The zero-order chi connectivity index (χ0) is 15.2. The summed E-state index contributed by atoms with van der Waals surface area (Å²) >= 11 is 0. The average Bonchev–Trinajstić information content (AvgIpc) is 3.02. The molecule has 3 heterocycles. The van der Waals surface area contributed by atoms with Gasteiger partial charge in [0, 0.05) is 19.6 Å². The Bertz CT molecular complexity index is 559. The van der Waals surface area contributed by atoms with Crippen molar-refractivity contribution in [1.29, 1.82) is 0 Å². The average molecular weight is 305 g/mol. The Labute approximate surface area is 117 Å². The van der Waals surface area contributed by atoms with Crippen LogP contribution in [0.15, 0.2) is 0 Å². The largest absolute Gasteiger partial charge is 0.451 e. The molecule has 21 heavy (non-hydrogen) atoms. The lowest BCUT2D eigenvalue weighted by atomic mass is 10.1. The van der Waals surface area contributed by atoms with Gasteiger partial charge < -0.3 is 19.9 Å². The third-order valence-electron chi connectivity index (χ3n) is 3.72. The van der Waals surface area contributed by atoms with Gasteiger partial charge in [-0.05, 0) is 6.42 Å². The first-order chi connectivity index (χ1) is 9.86. The molecule has 7 nitrogen and oxygen atoms in total. The molecule has 0 bridgehead atoms. The molecule has 2 aliphatic heterocycles. The minimum Gasteiger partial charge on any atom is -0.392 e. The summed E-state index contributed by atoms with van der Waals surface area (Å²) in [7, 11) is 0.